The van der Waals surface area contributed by atoms with Gasteiger partial charge in [0, 0.05) is 12.6 Å². The first-order valence-corrected chi connectivity index (χ1v) is 11.3. The molecule has 4 aromatic carbocycles. The number of carboxylic acid groups (broad SMARTS) is 1. The number of nitrogens with one attached hydrogen (secondary N) is 1. The van der Waals surface area contributed by atoms with Gasteiger partial charge in [0.2, 0.25) is 0 Å². The third kappa shape index (κ3) is 5.19. The van der Waals surface area contributed by atoms with E-state index in [4.69, 9.17) is 16.3 Å². The monoisotopic (exact) mass is 459 g/mol. The second-order valence-corrected chi connectivity index (χ2v) is 8.38. The Morgan fingerprint density at radius 1 is 1.03 bits per heavy atom. The minimum Gasteiger partial charge on any atom is -0.494 e. The Bertz CT molecular complexity index is 1300. The Morgan fingerprint density at radius 3 is 2.64 bits per heavy atom. The lowest BCUT2D eigenvalue weighted by Crippen LogP contribution is -2.18. The second-order valence-electron chi connectivity index (χ2n) is 7.97. The molecule has 0 spiro atoms. The summed E-state index contributed by atoms with van der Waals surface area (Å²) in [5.41, 5.74) is 4.18. The van der Waals surface area contributed by atoms with Crippen molar-refractivity contribution in [2.24, 2.45) is 0 Å². The summed E-state index contributed by atoms with van der Waals surface area (Å²) in [5.74, 6) is -0.166. The first-order chi connectivity index (χ1) is 16.0. The Balaban J connectivity index is 1.65. The van der Waals surface area contributed by atoms with Crippen molar-refractivity contribution in [3.05, 3.63) is 101 Å². The van der Waals surface area contributed by atoms with Gasteiger partial charge in [0.25, 0.3) is 0 Å². The van der Waals surface area contributed by atoms with Crippen LogP contribution in [0, 0.1) is 0 Å². The van der Waals surface area contributed by atoms with E-state index in [9.17, 15) is 9.90 Å². The number of fused-ring (bicyclic) bond motifs is 1. The molecule has 0 bridgehead atoms. The van der Waals surface area contributed by atoms with E-state index in [-0.39, 0.29) is 16.6 Å². The molecular weight excluding hydrogens is 434 g/mol. The summed E-state index contributed by atoms with van der Waals surface area (Å²) in [4.78, 5) is 11.6. The van der Waals surface area contributed by atoms with E-state index in [1.165, 1.54) is 0 Å². The van der Waals surface area contributed by atoms with Crippen LogP contribution in [0.1, 0.15) is 41.4 Å². The van der Waals surface area contributed by atoms with Crippen LogP contribution in [0.5, 0.6) is 5.75 Å². The number of carbonyl (C=O) groups is 1. The van der Waals surface area contributed by atoms with Gasteiger partial charge in [-0.15, -0.1) is 0 Å². The number of halogens is 1. The van der Waals surface area contributed by atoms with E-state index in [0.717, 1.165) is 38.8 Å². The minimum atomic E-state index is -1.04. The molecule has 0 aromatic heterocycles. The van der Waals surface area contributed by atoms with Gasteiger partial charge in [0.15, 0.2) is 0 Å². The molecule has 0 aliphatic carbocycles. The van der Waals surface area contributed by atoms with Crippen LogP contribution in [0.25, 0.3) is 21.9 Å². The van der Waals surface area contributed by atoms with Crippen molar-refractivity contribution in [3.8, 4) is 16.9 Å². The molecule has 4 aromatic rings. The van der Waals surface area contributed by atoms with Crippen molar-refractivity contribution in [2.75, 3.05) is 6.61 Å². The van der Waals surface area contributed by atoms with Crippen molar-refractivity contribution >= 4 is 28.3 Å². The van der Waals surface area contributed by atoms with Gasteiger partial charge in [-0.05, 0) is 83.3 Å². The fourth-order valence-corrected chi connectivity index (χ4v) is 4.20. The highest BCUT2D eigenvalue weighted by Crippen LogP contribution is 2.33. The van der Waals surface area contributed by atoms with Crippen LogP contribution in [-0.4, -0.2) is 17.7 Å². The predicted molar refractivity (Wildman–Crippen MR) is 134 cm³/mol. The van der Waals surface area contributed by atoms with Crippen LogP contribution in [0.3, 0.4) is 0 Å². The summed E-state index contributed by atoms with van der Waals surface area (Å²) < 4.78 is 5.63. The molecule has 0 saturated heterocycles. The van der Waals surface area contributed by atoms with E-state index in [1.54, 1.807) is 12.1 Å². The fourth-order valence-electron chi connectivity index (χ4n) is 4.00. The molecular formula is C28H26ClNO3. The van der Waals surface area contributed by atoms with E-state index < -0.39 is 5.97 Å². The lowest BCUT2D eigenvalue weighted by atomic mass is 9.94. The summed E-state index contributed by atoms with van der Waals surface area (Å²) in [7, 11) is 0. The average Bonchev–Trinajstić information content (AvgIpc) is 2.82. The topological polar surface area (TPSA) is 58.6 Å². The number of aromatic carboxylic acids is 1. The van der Waals surface area contributed by atoms with Crippen LogP contribution in [0.15, 0.2) is 78.9 Å². The number of benzene rings is 4. The largest absolute Gasteiger partial charge is 0.494 e. The molecule has 0 heterocycles. The minimum absolute atomic E-state index is 0.101. The van der Waals surface area contributed by atoms with Crippen LogP contribution in [-0.2, 0) is 6.54 Å². The highest BCUT2D eigenvalue weighted by atomic mass is 35.5. The Morgan fingerprint density at radius 2 is 1.85 bits per heavy atom. The second kappa shape index (κ2) is 10.1. The van der Waals surface area contributed by atoms with E-state index in [2.05, 4.69) is 48.6 Å². The Kier molecular flexibility index (Phi) is 6.97. The molecule has 0 radical (unpaired) electrons. The molecule has 0 aliphatic rings. The molecule has 0 fully saturated rings. The van der Waals surface area contributed by atoms with E-state index in [1.807, 2.05) is 37.3 Å². The molecule has 0 unspecified atom stereocenters. The molecule has 0 saturated carbocycles. The van der Waals surface area contributed by atoms with Gasteiger partial charge in [-0.3, -0.25) is 0 Å². The molecule has 33 heavy (non-hydrogen) atoms. The maximum atomic E-state index is 11.6. The first kappa shape index (κ1) is 22.8. The van der Waals surface area contributed by atoms with Crippen molar-refractivity contribution in [1.29, 1.82) is 0 Å². The van der Waals surface area contributed by atoms with Crippen molar-refractivity contribution < 1.29 is 14.6 Å². The normalized spacial score (nSPS) is 12.0. The fraction of sp³-hybridized carbons (Fsp3) is 0.179. The van der Waals surface area contributed by atoms with Gasteiger partial charge in [-0.2, -0.15) is 0 Å². The summed E-state index contributed by atoms with van der Waals surface area (Å²) in [5, 5.41) is 15.5. The molecule has 168 valence electrons. The van der Waals surface area contributed by atoms with Crippen LogP contribution < -0.4 is 10.1 Å². The van der Waals surface area contributed by atoms with Crippen LogP contribution in [0.4, 0.5) is 0 Å². The highest BCUT2D eigenvalue weighted by Gasteiger charge is 2.13. The molecule has 0 amide bonds. The molecule has 4 rings (SSSR count). The first-order valence-electron chi connectivity index (χ1n) is 11.0. The van der Waals surface area contributed by atoms with Gasteiger partial charge in [-0.25, -0.2) is 4.79 Å². The van der Waals surface area contributed by atoms with Gasteiger partial charge in [-0.1, -0.05) is 54.1 Å². The maximum Gasteiger partial charge on any atom is 0.337 e. The third-order valence-corrected chi connectivity index (χ3v) is 6.04. The predicted octanol–water partition coefficient (Wildman–Crippen LogP) is 7.11. The van der Waals surface area contributed by atoms with Gasteiger partial charge in [0.05, 0.1) is 17.2 Å². The molecule has 2 N–H and O–H groups in total. The quantitative estimate of drug-likeness (QED) is 0.295. The van der Waals surface area contributed by atoms with E-state index in [0.29, 0.717) is 13.2 Å². The zero-order chi connectivity index (χ0) is 23.4. The number of ether oxygens (including phenoxy) is 1. The highest BCUT2D eigenvalue weighted by molar-refractivity contribution is 6.33. The number of carboxylic acids is 1. The lowest BCUT2D eigenvalue weighted by molar-refractivity contribution is 0.0697. The molecule has 4 nitrogen and oxygen atoms in total. The standard InChI is InChI=1S/C28H26ClNO3/c1-3-33-23-9-6-8-20(15-23)18(2)30-17-19-13-21-7-4-5-10-24(21)25(14-19)22-11-12-27(29)26(16-22)28(31)32/h4-16,18,30H,3,17H2,1-2H3,(H,31,32)/t18-/m1/s1. The zero-order valence-electron chi connectivity index (χ0n) is 18.6. The number of hydrogen-bond donors (Lipinski definition) is 2. The Hall–Kier alpha value is -3.34. The lowest BCUT2D eigenvalue weighted by Gasteiger charge is -2.17. The number of hydrogen-bond acceptors (Lipinski definition) is 3. The van der Waals surface area contributed by atoms with Crippen molar-refractivity contribution in [1.82, 2.24) is 5.32 Å². The summed E-state index contributed by atoms with van der Waals surface area (Å²) in [6.07, 6.45) is 0. The van der Waals surface area contributed by atoms with Crippen LogP contribution in [0.2, 0.25) is 5.02 Å². The Labute approximate surface area is 198 Å². The summed E-state index contributed by atoms with van der Waals surface area (Å²) in [6.45, 7) is 5.41. The van der Waals surface area contributed by atoms with Crippen LogP contribution >= 0.6 is 11.6 Å². The smallest absolute Gasteiger partial charge is 0.337 e. The SMILES string of the molecule is CCOc1cccc([C@@H](C)NCc2cc(-c3ccc(Cl)c(C(=O)O)c3)c3ccccc3c2)c1. The molecule has 0 aliphatic heterocycles. The summed E-state index contributed by atoms with van der Waals surface area (Å²) >= 11 is 6.10. The zero-order valence-corrected chi connectivity index (χ0v) is 19.4. The molecule has 1 atom stereocenters. The van der Waals surface area contributed by atoms with E-state index >= 15 is 0 Å². The maximum absolute atomic E-state index is 11.6. The summed E-state index contributed by atoms with van der Waals surface area (Å²) in [6, 6.07) is 25.8. The third-order valence-electron chi connectivity index (χ3n) is 5.71. The van der Waals surface area contributed by atoms with Gasteiger partial charge >= 0.3 is 5.97 Å². The van der Waals surface area contributed by atoms with Crippen molar-refractivity contribution in [3.63, 3.8) is 0 Å². The van der Waals surface area contributed by atoms with Gasteiger partial charge < -0.3 is 15.2 Å². The number of rotatable bonds is 8. The molecule has 5 heteroatoms. The average molecular weight is 460 g/mol. The van der Waals surface area contributed by atoms with Crippen molar-refractivity contribution in [2.45, 2.75) is 26.4 Å². The van der Waals surface area contributed by atoms with Gasteiger partial charge in [0.1, 0.15) is 5.75 Å².